The predicted octanol–water partition coefficient (Wildman–Crippen LogP) is 1.60. The lowest BCUT2D eigenvalue weighted by Crippen LogP contribution is -2.03. The number of aliphatic hydroxyl groups is 1. The molecule has 0 fully saturated rings. The van der Waals surface area contributed by atoms with E-state index in [9.17, 15) is 4.79 Å². The van der Waals surface area contributed by atoms with Gasteiger partial charge in [-0.3, -0.25) is 0 Å². The van der Waals surface area contributed by atoms with Crippen molar-refractivity contribution < 1.29 is 24.5 Å². The van der Waals surface area contributed by atoms with Gasteiger partial charge < -0.3 is 19.7 Å². The minimum atomic E-state index is -1.00. The van der Waals surface area contributed by atoms with Crippen LogP contribution in [0.3, 0.4) is 0 Å². The van der Waals surface area contributed by atoms with E-state index in [1.165, 1.54) is 7.11 Å². The minimum Gasteiger partial charge on any atom is -0.493 e. The van der Waals surface area contributed by atoms with Crippen molar-refractivity contribution in [2.75, 3.05) is 13.7 Å². The zero-order valence-electron chi connectivity index (χ0n) is 10.3. The number of aliphatic carboxylic acids is 1. The van der Waals surface area contributed by atoms with Crippen LogP contribution in [0.25, 0.3) is 0 Å². The molecular formula is C13H16O5. The molecule has 0 saturated heterocycles. The molecule has 1 aromatic carbocycles. The molecule has 0 saturated carbocycles. The summed E-state index contributed by atoms with van der Waals surface area (Å²) in [4.78, 5) is 10.4. The summed E-state index contributed by atoms with van der Waals surface area (Å²) in [6.45, 7) is 1.76. The van der Waals surface area contributed by atoms with Crippen LogP contribution in [0.5, 0.6) is 11.5 Å². The molecule has 0 aliphatic carbocycles. The fourth-order valence-electron chi connectivity index (χ4n) is 1.37. The molecule has 5 heteroatoms. The van der Waals surface area contributed by atoms with Gasteiger partial charge in [-0.25, -0.2) is 4.79 Å². The molecule has 0 heterocycles. The summed E-state index contributed by atoms with van der Waals surface area (Å²) >= 11 is 0. The molecule has 0 bridgehead atoms. The van der Waals surface area contributed by atoms with Gasteiger partial charge in [-0.2, -0.15) is 0 Å². The number of ether oxygens (including phenoxy) is 2. The normalized spacial score (nSPS) is 11.2. The average Bonchev–Trinajstić information content (AvgIpc) is 2.35. The van der Waals surface area contributed by atoms with Crippen LogP contribution in [0.15, 0.2) is 29.8 Å². The smallest absolute Gasteiger partial charge is 0.328 e. The van der Waals surface area contributed by atoms with Crippen LogP contribution in [0.1, 0.15) is 12.5 Å². The number of hydrogen-bond acceptors (Lipinski definition) is 4. The zero-order valence-corrected chi connectivity index (χ0v) is 10.3. The Bertz CT molecular complexity index is 451. The van der Waals surface area contributed by atoms with Crippen LogP contribution in [-0.4, -0.2) is 29.9 Å². The molecule has 2 N–H and O–H groups in total. The number of rotatable bonds is 6. The quantitative estimate of drug-likeness (QED) is 0.752. The van der Waals surface area contributed by atoms with E-state index in [4.69, 9.17) is 19.7 Å². The number of methoxy groups -OCH3 is 1. The maximum Gasteiger partial charge on any atom is 0.328 e. The maximum atomic E-state index is 10.4. The molecule has 5 nitrogen and oxygen atoms in total. The van der Waals surface area contributed by atoms with Crippen molar-refractivity contribution in [3.63, 3.8) is 0 Å². The highest BCUT2D eigenvalue weighted by atomic mass is 16.5. The highest BCUT2D eigenvalue weighted by Gasteiger charge is 2.06. The van der Waals surface area contributed by atoms with E-state index in [2.05, 4.69) is 0 Å². The van der Waals surface area contributed by atoms with Crippen LogP contribution >= 0.6 is 0 Å². The van der Waals surface area contributed by atoms with Gasteiger partial charge >= 0.3 is 5.97 Å². The molecule has 0 spiro atoms. The van der Waals surface area contributed by atoms with E-state index in [1.807, 2.05) is 0 Å². The summed E-state index contributed by atoms with van der Waals surface area (Å²) in [7, 11) is 1.50. The molecule has 0 aromatic heterocycles. The van der Waals surface area contributed by atoms with Gasteiger partial charge in [0, 0.05) is 6.08 Å². The second-order valence-electron chi connectivity index (χ2n) is 3.76. The Morgan fingerprint density at radius 2 is 2.11 bits per heavy atom. The standard InChI is InChI=1S/C13H16O5/c1-9(5-13(15)16)8-18-11-4-3-10(7-14)6-12(11)17-2/h3-6,14H,7-8H2,1-2H3,(H,15,16)/b9-5+. The Morgan fingerprint density at radius 3 is 2.67 bits per heavy atom. The van der Waals surface area contributed by atoms with E-state index >= 15 is 0 Å². The highest BCUT2D eigenvalue weighted by Crippen LogP contribution is 2.28. The molecule has 1 aromatic rings. The first kappa shape index (κ1) is 14.1. The third-order valence-corrected chi connectivity index (χ3v) is 2.24. The monoisotopic (exact) mass is 252 g/mol. The number of benzene rings is 1. The van der Waals surface area contributed by atoms with Crippen molar-refractivity contribution in [3.05, 3.63) is 35.4 Å². The molecule has 0 aliphatic rings. The van der Waals surface area contributed by atoms with Crippen molar-refractivity contribution in [2.24, 2.45) is 0 Å². The number of aliphatic hydroxyl groups excluding tert-OH is 1. The Labute approximate surface area is 105 Å². The number of carboxylic acid groups (broad SMARTS) is 1. The van der Waals surface area contributed by atoms with Gasteiger partial charge in [0.1, 0.15) is 6.61 Å². The fourth-order valence-corrected chi connectivity index (χ4v) is 1.37. The van der Waals surface area contributed by atoms with Crippen molar-refractivity contribution in [1.82, 2.24) is 0 Å². The molecule has 0 atom stereocenters. The first-order chi connectivity index (χ1) is 8.56. The predicted molar refractivity (Wildman–Crippen MR) is 65.8 cm³/mol. The lowest BCUT2D eigenvalue weighted by molar-refractivity contribution is -0.131. The largest absolute Gasteiger partial charge is 0.493 e. The van der Waals surface area contributed by atoms with Crippen LogP contribution in [0.2, 0.25) is 0 Å². The lowest BCUT2D eigenvalue weighted by Gasteiger charge is -2.11. The Hall–Kier alpha value is -2.01. The molecule has 18 heavy (non-hydrogen) atoms. The number of hydrogen-bond donors (Lipinski definition) is 2. The molecule has 0 amide bonds. The first-order valence-corrected chi connectivity index (χ1v) is 5.37. The van der Waals surface area contributed by atoms with Gasteiger partial charge in [0.25, 0.3) is 0 Å². The number of carboxylic acids is 1. The molecule has 98 valence electrons. The van der Waals surface area contributed by atoms with Crippen LogP contribution in [-0.2, 0) is 11.4 Å². The summed E-state index contributed by atoms with van der Waals surface area (Å²) < 4.78 is 10.6. The highest BCUT2D eigenvalue weighted by molar-refractivity contribution is 5.80. The molecule has 0 radical (unpaired) electrons. The minimum absolute atomic E-state index is 0.0748. The summed E-state index contributed by atoms with van der Waals surface area (Å²) in [6, 6.07) is 5.07. The van der Waals surface area contributed by atoms with E-state index in [0.29, 0.717) is 17.1 Å². The third-order valence-electron chi connectivity index (χ3n) is 2.24. The summed E-state index contributed by atoms with van der Waals surface area (Å²) in [5, 5.41) is 17.6. The van der Waals surface area contributed by atoms with Crippen LogP contribution in [0.4, 0.5) is 0 Å². The third kappa shape index (κ3) is 4.10. The van der Waals surface area contributed by atoms with E-state index in [1.54, 1.807) is 25.1 Å². The Kier molecular flexibility index (Phi) is 5.20. The van der Waals surface area contributed by atoms with Crippen LogP contribution in [0, 0.1) is 0 Å². The van der Waals surface area contributed by atoms with E-state index in [-0.39, 0.29) is 13.2 Å². The van der Waals surface area contributed by atoms with Crippen molar-refractivity contribution in [1.29, 1.82) is 0 Å². The SMILES string of the molecule is COc1cc(CO)ccc1OC/C(C)=C/C(=O)O. The van der Waals surface area contributed by atoms with Crippen molar-refractivity contribution in [3.8, 4) is 11.5 Å². The first-order valence-electron chi connectivity index (χ1n) is 5.37. The zero-order chi connectivity index (χ0) is 13.5. The average molecular weight is 252 g/mol. The van der Waals surface area contributed by atoms with Gasteiger partial charge in [-0.1, -0.05) is 6.07 Å². The van der Waals surface area contributed by atoms with E-state index < -0.39 is 5.97 Å². The second kappa shape index (κ2) is 6.66. The van der Waals surface area contributed by atoms with Gasteiger partial charge in [-0.15, -0.1) is 0 Å². The van der Waals surface area contributed by atoms with Gasteiger partial charge in [0.2, 0.25) is 0 Å². The molecular weight excluding hydrogens is 236 g/mol. The van der Waals surface area contributed by atoms with Gasteiger partial charge in [0.15, 0.2) is 11.5 Å². The lowest BCUT2D eigenvalue weighted by atomic mass is 10.2. The molecule has 1 rings (SSSR count). The maximum absolute atomic E-state index is 10.4. The summed E-state index contributed by atoms with van der Waals surface area (Å²) in [6.07, 6.45) is 1.09. The Morgan fingerprint density at radius 1 is 1.39 bits per heavy atom. The van der Waals surface area contributed by atoms with Gasteiger partial charge in [-0.05, 0) is 30.2 Å². The molecule has 0 unspecified atom stereocenters. The van der Waals surface area contributed by atoms with Gasteiger partial charge in [0.05, 0.1) is 13.7 Å². The van der Waals surface area contributed by atoms with Crippen molar-refractivity contribution >= 4 is 5.97 Å². The topological polar surface area (TPSA) is 76.0 Å². The molecule has 0 aliphatic heterocycles. The number of carbonyl (C=O) groups is 1. The van der Waals surface area contributed by atoms with Crippen LogP contribution < -0.4 is 9.47 Å². The van der Waals surface area contributed by atoms with E-state index in [0.717, 1.165) is 11.6 Å². The van der Waals surface area contributed by atoms with Crippen molar-refractivity contribution in [2.45, 2.75) is 13.5 Å². The fraction of sp³-hybridized carbons (Fsp3) is 0.308. The Balaban J connectivity index is 2.75. The summed E-state index contributed by atoms with van der Waals surface area (Å²) in [5.74, 6) is 0.0104. The summed E-state index contributed by atoms with van der Waals surface area (Å²) in [5.41, 5.74) is 1.31. The second-order valence-corrected chi connectivity index (χ2v) is 3.76.